The van der Waals surface area contributed by atoms with E-state index in [0.29, 0.717) is 12.5 Å². The van der Waals surface area contributed by atoms with Crippen LogP contribution in [0.5, 0.6) is 0 Å². The van der Waals surface area contributed by atoms with E-state index >= 15 is 0 Å². The molecule has 0 bridgehead atoms. The summed E-state index contributed by atoms with van der Waals surface area (Å²) in [6.07, 6.45) is -3.31. The number of carbonyl (C=O) groups excluding carboxylic acids is 1. The largest absolute Gasteiger partial charge is 0.542 e. The van der Waals surface area contributed by atoms with E-state index in [1.54, 1.807) is 0 Å². The van der Waals surface area contributed by atoms with Crippen LogP contribution in [0.15, 0.2) is 0 Å². The molecule has 0 aromatic rings. The number of carbonyl (C=O) groups is 1. The highest BCUT2D eigenvalue weighted by molar-refractivity contribution is 5.70. The molecule has 0 radical (unpaired) electrons. The topological polar surface area (TPSA) is 67.8 Å². The molecular formula is C7H11F4NO2. The second-order valence-corrected chi connectivity index (χ2v) is 3.06. The smallest absolute Gasteiger partial charge is 0.430 e. The van der Waals surface area contributed by atoms with Gasteiger partial charge < -0.3 is 15.6 Å². The highest BCUT2D eigenvalue weighted by Crippen LogP contribution is 2.18. The van der Waals surface area contributed by atoms with E-state index in [2.05, 4.69) is 5.73 Å². The zero-order valence-electron chi connectivity index (χ0n) is 7.31. The molecule has 7 heteroatoms. The summed E-state index contributed by atoms with van der Waals surface area (Å²) in [7, 11) is 0. The predicted octanol–water partition coefficient (Wildman–Crippen LogP) is -0.583. The van der Waals surface area contributed by atoms with E-state index in [1.807, 2.05) is 0 Å². The lowest BCUT2D eigenvalue weighted by atomic mass is 10.3. The van der Waals surface area contributed by atoms with Crippen LogP contribution in [0.3, 0.4) is 0 Å². The van der Waals surface area contributed by atoms with Gasteiger partial charge in [-0.15, -0.1) is 0 Å². The molecule has 3 N–H and O–H groups in total. The van der Waals surface area contributed by atoms with Crippen LogP contribution < -0.4 is 10.8 Å². The van der Waals surface area contributed by atoms with E-state index in [9.17, 15) is 17.6 Å². The van der Waals surface area contributed by atoms with Crippen molar-refractivity contribution in [3.8, 4) is 0 Å². The van der Waals surface area contributed by atoms with Gasteiger partial charge in [-0.05, 0) is 6.42 Å². The Bertz CT molecular complexity index is 187. The van der Waals surface area contributed by atoms with Gasteiger partial charge in [0.25, 0.3) is 0 Å². The molecule has 1 fully saturated rings. The molecule has 1 aliphatic carbocycles. The van der Waals surface area contributed by atoms with Crippen LogP contribution in [0, 0.1) is 0 Å². The molecule has 1 rings (SSSR count). The maximum atomic E-state index is 12.1. The van der Waals surface area contributed by atoms with Crippen molar-refractivity contribution >= 4 is 5.97 Å². The number of rotatable bonds is 0. The van der Waals surface area contributed by atoms with Gasteiger partial charge in [-0.1, -0.05) is 0 Å². The molecule has 14 heavy (non-hydrogen) atoms. The third-order valence-electron chi connectivity index (χ3n) is 1.71. The number of halogens is 4. The molecule has 0 amide bonds. The van der Waals surface area contributed by atoms with Crippen molar-refractivity contribution in [1.29, 1.82) is 0 Å². The van der Waals surface area contributed by atoms with Gasteiger partial charge in [0, 0.05) is 12.8 Å². The summed E-state index contributed by atoms with van der Waals surface area (Å²) >= 11 is 0. The van der Waals surface area contributed by atoms with Crippen molar-refractivity contribution in [2.45, 2.75) is 37.7 Å². The standard InChI is InChI=1S/C5H10FN.C2HF3O2/c6-4-1-2-5(7)3-4;3-2(4,5)1(6)7/h4-5H,1-3,7H2;(H,6,7)/t4-,5+;/m1./s1. The third-order valence-corrected chi connectivity index (χ3v) is 1.71. The quantitative estimate of drug-likeness (QED) is 0.551. The number of carboxylic acids is 1. The lowest BCUT2D eigenvalue weighted by Crippen LogP contribution is -2.59. The number of aliphatic carboxylic acids is 1. The third kappa shape index (κ3) is 5.74. The maximum Gasteiger partial charge on any atom is 0.430 e. The van der Waals surface area contributed by atoms with Gasteiger partial charge >= 0.3 is 6.18 Å². The summed E-state index contributed by atoms with van der Waals surface area (Å²) in [4.78, 5) is 8.78. The highest BCUT2D eigenvalue weighted by Gasteiger charge is 2.28. The zero-order valence-corrected chi connectivity index (χ0v) is 7.31. The van der Waals surface area contributed by atoms with Crippen LogP contribution in [0.4, 0.5) is 17.6 Å². The Hall–Kier alpha value is -0.850. The Morgan fingerprint density at radius 2 is 1.79 bits per heavy atom. The van der Waals surface area contributed by atoms with Crippen LogP contribution in [0.2, 0.25) is 0 Å². The van der Waals surface area contributed by atoms with Gasteiger partial charge in [-0.25, -0.2) is 4.39 Å². The minimum absolute atomic E-state index is 0.398. The molecule has 0 saturated heterocycles. The SMILES string of the molecule is O=C([O-])C(F)(F)F.[NH3+][C@H]1CC[C@@H](F)C1. The second kappa shape index (κ2) is 5.14. The van der Waals surface area contributed by atoms with Crippen molar-refractivity contribution in [3.05, 3.63) is 0 Å². The molecule has 3 nitrogen and oxygen atoms in total. The van der Waals surface area contributed by atoms with E-state index in [1.165, 1.54) is 0 Å². The van der Waals surface area contributed by atoms with Crippen LogP contribution in [-0.2, 0) is 4.79 Å². The Labute approximate surface area is 77.9 Å². The fourth-order valence-electron chi connectivity index (χ4n) is 1.01. The molecule has 0 aromatic heterocycles. The first-order valence-electron chi connectivity index (χ1n) is 3.98. The summed E-state index contributed by atoms with van der Waals surface area (Å²) in [5, 5.41) is 8.78. The molecule has 0 aromatic carbocycles. The molecule has 84 valence electrons. The van der Waals surface area contributed by atoms with E-state index < -0.39 is 18.3 Å². The lowest BCUT2D eigenvalue weighted by molar-refractivity contribution is -0.417. The van der Waals surface area contributed by atoms with Gasteiger partial charge in [-0.3, -0.25) is 0 Å². The normalized spacial score (nSPS) is 26.6. The summed E-state index contributed by atoms with van der Waals surface area (Å²) in [6.45, 7) is 0. The Balaban J connectivity index is 0.000000241. The van der Waals surface area contributed by atoms with E-state index in [4.69, 9.17) is 9.90 Å². The predicted molar refractivity (Wildman–Crippen MR) is 36.5 cm³/mol. The summed E-state index contributed by atoms with van der Waals surface area (Å²) in [5.41, 5.74) is 3.75. The minimum Gasteiger partial charge on any atom is -0.542 e. The molecule has 1 aliphatic rings. The monoisotopic (exact) mass is 217 g/mol. The molecule has 0 aliphatic heterocycles. The van der Waals surface area contributed by atoms with Crippen LogP contribution in [-0.4, -0.2) is 24.4 Å². The lowest BCUT2D eigenvalue weighted by Gasteiger charge is -2.03. The minimum atomic E-state index is -5.19. The second-order valence-electron chi connectivity index (χ2n) is 3.06. The van der Waals surface area contributed by atoms with Gasteiger partial charge in [0.05, 0.1) is 6.04 Å². The van der Waals surface area contributed by atoms with Crippen molar-refractivity contribution in [1.82, 2.24) is 0 Å². The summed E-state index contributed by atoms with van der Waals surface area (Å²) in [6, 6.07) is 0.398. The van der Waals surface area contributed by atoms with Gasteiger partial charge in [0.1, 0.15) is 12.1 Å². The van der Waals surface area contributed by atoms with Crippen LogP contribution in [0.25, 0.3) is 0 Å². The molecule has 2 atom stereocenters. The molecule has 0 heterocycles. The number of quaternary nitrogens is 1. The average Bonchev–Trinajstić information content (AvgIpc) is 2.33. The number of alkyl halides is 4. The van der Waals surface area contributed by atoms with Crippen LogP contribution in [0.1, 0.15) is 19.3 Å². The van der Waals surface area contributed by atoms with Gasteiger partial charge in [0.2, 0.25) is 0 Å². The fourth-order valence-corrected chi connectivity index (χ4v) is 1.01. The average molecular weight is 217 g/mol. The summed E-state index contributed by atoms with van der Waals surface area (Å²) < 4.78 is 43.7. The van der Waals surface area contributed by atoms with Crippen molar-refractivity contribution < 1.29 is 33.2 Å². The summed E-state index contributed by atoms with van der Waals surface area (Å²) in [5.74, 6) is -3.01. The van der Waals surface area contributed by atoms with Crippen LogP contribution >= 0.6 is 0 Å². The van der Waals surface area contributed by atoms with Crippen molar-refractivity contribution in [2.75, 3.05) is 0 Å². The zero-order chi connectivity index (χ0) is 11.4. The molecular weight excluding hydrogens is 206 g/mol. The highest BCUT2D eigenvalue weighted by atomic mass is 19.4. The molecule has 1 saturated carbocycles. The van der Waals surface area contributed by atoms with Gasteiger partial charge in [-0.2, -0.15) is 13.2 Å². The molecule has 0 unspecified atom stereocenters. The first kappa shape index (κ1) is 13.2. The molecule has 0 spiro atoms. The van der Waals surface area contributed by atoms with E-state index in [-0.39, 0.29) is 0 Å². The number of hydrogen-bond donors (Lipinski definition) is 1. The Morgan fingerprint density at radius 3 is 1.86 bits per heavy atom. The fraction of sp³-hybridized carbons (Fsp3) is 0.857. The Morgan fingerprint density at radius 1 is 1.36 bits per heavy atom. The van der Waals surface area contributed by atoms with Crippen molar-refractivity contribution in [2.24, 2.45) is 0 Å². The van der Waals surface area contributed by atoms with Gasteiger partial charge in [0.15, 0.2) is 0 Å². The van der Waals surface area contributed by atoms with Crippen molar-refractivity contribution in [3.63, 3.8) is 0 Å². The first-order chi connectivity index (χ1) is 6.23. The first-order valence-corrected chi connectivity index (χ1v) is 3.98. The Kier molecular flexibility index (Phi) is 4.82. The number of hydrogen-bond acceptors (Lipinski definition) is 2. The number of carboxylic acid groups (broad SMARTS) is 1. The van der Waals surface area contributed by atoms with E-state index in [0.717, 1.165) is 12.8 Å². The maximum absolute atomic E-state index is 12.1.